The predicted octanol–water partition coefficient (Wildman–Crippen LogP) is 2.53. The summed E-state index contributed by atoms with van der Waals surface area (Å²) in [4.78, 5) is 24.1. The van der Waals surface area contributed by atoms with E-state index in [1.54, 1.807) is 12.5 Å². The molecule has 1 heterocycles. The normalized spacial score (nSPS) is 18.5. The standard InChI is InChI=1S/C15H16N2O2.NO3/c1-10-7-13(12-6-4-3-5-11(10)12)17-9-16-8-14(17)15(18)19-2;2-1(3)4/h3-6,8-10,13H,7H2,1-2H3;/q;-1. The Labute approximate surface area is 132 Å². The van der Waals surface area contributed by atoms with E-state index in [0.29, 0.717) is 11.6 Å². The highest BCUT2D eigenvalue weighted by atomic mass is 16.9. The van der Waals surface area contributed by atoms with Gasteiger partial charge in [-0.25, -0.2) is 9.78 Å². The molecule has 0 saturated carbocycles. The van der Waals surface area contributed by atoms with E-state index in [2.05, 4.69) is 30.1 Å². The first-order valence-electron chi connectivity index (χ1n) is 6.96. The lowest BCUT2D eigenvalue weighted by Gasteiger charge is -2.16. The van der Waals surface area contributed by atoms with Crippen molar-refractivity contribution in [1.82, 2.24) is 9.55 Å². The second kappa shape index (κ2) is 6.91. The Kier molecular flexibility index (Phi) is 4.95. The fourth-order valence-corrected chi connectivity index (χ4v) is 2.93. The Morgan fingerprint density at radius 1 is 1.35 bits per heavy atom. The number of esters is 1. The molecule has 0 fully saturated rings. The van der Waals surface area contributed by atoms with Crippen LogP contribution >= 0.6 is 0 Å². The van der Waals surface area contributed by atoms with Crippen molar-refractivity contribution < 1.29 is 14.6 Å². The average molecular weight is 318 g/mol. The first-order chi connectivity index (χ1) is 11.0. The number of imidazole rings is 1. The topological polar surface area (TPSA) is 110 Å². The number of carbonyl (C=O) groups is 1. The summed E-state index contributed by atoms with van der Waals surface area (Å²) < 4.78 is 6.73. The molecule has 8 nitrogen and oxygen atoms in total. The van der Waals surface area contributed by atoms with E-state index in [0.717, 1.165) is 6.42 Å². The SMILES string of the molecule is COC(=O)c1cncn1C1CC(C)c2ccccc21.O=[N+]([O-])[O-]. The highest BCUT2D eigenvalue weighted by Gasteiger charge is 2.31. The number of hydrogen-bond acceptors (Lipinski definition) is 6. The zero-order chi connectivity index (χ0) is 17.0. The molecule has 0 amide bonds. The minimum absolute atomic E-state index is 0.169. The van der Waals surface area contributed by atoms with Crippen LogP contribution in [0.1, 0.15) is 46.9 Å². The summed E-state index contributed by atoms with van der Waals surface area (Å²) in [5.74, 6) is 0.156. The van der Waals surface area contributed by atoms with Gasteiger partial charge >= 0.3 is 5.97 Å². The van der Waals surface area contributed by atoms with Crippen molar-refractivity contribution in [2.45, 2.75) is 25.3 Å². The molecule has 122 valence electrons. The first-order valence-corrected chi connectivity index (χ1v) is 6.96. The van der Waals surface area contributed by atoms with Gasteiger partial charge in [-0.15, -0.1) is 0 Å². The summed E-state index contributed by atoms with van der Waals surface area (Å²) >= 11 is 0. The van der Waals surface area contributed by atoms with Gasteiger partial charge in [0.2, 0.25) is 0 Å². The van der Waals surface area contributed by atoms with Gasteiger partial charge in [-0.2, -0.15) is 0 Å². The molecule has 0 spiro atoms. The second-order valence-corrected chi connectivity index (χ2v) is 5.18. The predicted molar refractivity (Wildman–Crippen MR) is 81.5 cm³/mol. The zero-order valence-corrected chi connectivity index (χ0v) is 12.7. The average Bonchev–Trinajstić information content (AvgIpc) is 3.11. The van der Waals surface area contributed by atoms with Crippen molar-refractivity contribution in [2.24, 2.45) is 0 Å². The number of ether oxygens (including phenoxy) is 1. The van der Waals surface area contributed by atoms with Gasteiger partial charge in [-0.05, 0) is 23.5 Å². The van der Waals surface area contributed by atoms with Gasteiger partial charge in [0.25, 0.3) is 0 Å². The molecule has 1 aromatic heterocycles. The largest absolute Gasteiger partial charge is 0.464 e. The number of aromatic nitrogens is 2. The van der Waals surface area contributed by atoms with Gasteiger partial charge in [0.15, 0.2) is 0 Å². The Bertz CT molecular complexity index is 709. The van der Waals surface area contributed by atoms with Crippen molar-refractivity contribution in [3.63, 3.8) is 0 Å². The molecule has 2 atom stereocenters. The van der Waals surface area contributed by atoms with Crippen LogP contribution in [0.25, 0.3) is 0 Å². The molecular formula is C15H16N3O5-. The van der Waals surface area contributed by atoms with Gasteiger partial charge in [0, 0.05) is 0 Å². The molecule has 0 bridgehead atoms. The molecule has 0 aliphatic heterocycles. The molecule has 1 aliphatic rings. The zero-order valence-electron chi connectivity index (χ0n) is 12.7. The summed E-state index contributed by atoms with van der Waals surface area (Å²) in [5.41, 5.74) is 3.14. The molecule has 1 aliphatic carbocycles. The monoisotopic (exact) mass is 318 g/mol. The number of carbonyl (C=O) groups excluding carboxylic acids is 1. The van der Waals surface area contributed by atoms with Crippen LogP contribution in [0.3, 0.4) is 0 Å². The number of nitrogens with zero attached hydrogens (tertiary/aromatic N) is 3. The summed E-state index contributed by atoms with van der Waals surface area (Å²) in [6.45, 7) is 2.22. The molecular weight excluding hydrogens is 302 g/mol. The van der Waals surface area contributed by atoms with Crippen molar-refractivity contribution >= 4 is 5.97 Å². The maximum Gasteiger partial charge on any atom is 0.356 e. The van der Waals surface area contributed by atoms with E-state index in [4.69, 9.17) is 20.1 Å². The van der Waals surface area contributed by atoms with Gasteiger partial charge < -0.3 is 24.6 Å². The molecule has 3 rings (SSSR count). The van der Waals surface area contributed by atoms with Gasteiger partial charge in [0.05, 0.1) is 30.8 Å². The molecule has 2 aromatic rings. The van der Waals surface area contributed by atoms with Gasteiger partial charge in [-0.3, -0.25) is 0 Å². The van der Waals surface area contributed by atoms with Crippen molar-refractivity contribution in [1.29, 1.82) is 0 Å². The van der Waals surface area contributed by atoms with E-state index in [-0.39, 0.29) is 12.0 Å². The van der Waals surface area contributed by atoms with Crippen LogP contribution < -0.4 is 0 Å². The Morgan fingerprint density at radius 2 is 1.96 bits per heavy atom. The molecule has 23 heavy (non-hydrogen) atoms. The summed E-state index contributed by atoms with van der Waals surface area (Å²) in [6.07, 6.45) is 4.27. The lowest BCUT2D eigenvalue weighted by atomic mass is 10.0. The molecule has 2 unspecified atom stereocenters. The van der Waals surface area contributed by atoms with Crippen LogP contribution in [0.2, 0.25) is 0 Å². The number of fused-ring (bicyclic) bond motifs is 1. The van der Waals surface area contributed by atoms with Gasteiger partial charge in [0.1, 0.15) is 5.69 Å². The number of methoxy groups -OCH3 is 1. The van der Waals surface area contributed by atoms with Crippen molar-refractivity contribution in [2.75, 3.05) is 7.11 Å². The number of benzene rings is 1. The molecule has 0 N–H and O–H groups in total. The van der Waals surface area contributed by atoms with Crippen molar-refractivity contribution in [3.05, 3.63) is 68.9 Å². The van der Waals surface area contributed by atoms with Crippen molar-refractivity contribution in [3.8, 4) is 0 Å². The molecule has 0 radical (unpaired) electrons. The van der Waals surface area contributed by atoms with Crippen LogP contribution in [-0.4, -0.2) is 27.7 Å². The third-order valence-electron chi connectivity index (χ3n) is 3.86. The highest BCUT2D eigenvalue weighted by Crippen LogP contribution is 2.42. The minimum Gasteiger partial charge on any atom is -0.464 e. The lowest BCUT2D eigenvalue weighted by Crippen LogP contribution is -2.14. The van der Waals surface area contributed by atoms with E-state index in [9.17, 15) is 4.79 Å². The highest BCUT2D eigenvalue weighted by molar-refractivity contribution is 5.87. The number of rotatable bonds is 2. The molecule has 8 heteroatoms. The van der Waals surface area contributed by atoms with E-state index in [1.807, 2.05) is 10.6 Å². The second-order valence-electron chi connectivity index (χ2n) is 5.18. The number of hydrogen-bond donors (Lipinski definition) is 0. The Hall–Kier alpha value is -2.90. The van der Waals surface area contributed by atoms with E-state index < -0.39 is 5.09 Å². The maximum atomic E-state index is 11.8. The van der Waals surface area contributed by atoms with Crippen LogP contribution in [0, 0.1) is 15.3 Å². The minimum atomic E-state index is -1.75. The van der Waals surface area contributed by atoms with E-state index >= 15 is 0 Å². The summed E-state index contributed by atoms with van der Waals surface area (Å²) in [7, 11) is 1.39. The smallest absolute Gasteiger partial charge is 0.356 e. The molecule has 1 aromatic carbocycles. The van der Waals surface area contributed by atoms with E-state index in [1.165, 1.54) is 18.2 Å². The fraction of sp³-hybridized carbons (Fsp3) is 0.333. The van der Waals surface area contributed by atoms with Crippen LogP contribution in [-0.2, 0) is 4.74 Å². The summed E-state index contributed by atoms with van der Waals surface area (Å²) in [6, 6.07) is 8.56. The quantitative estimate of drug-likeness (QED) is 0.478. The maximum absolute atomic E-state index is 11.8. The third-order valence-corrected chi connectivity index (χ3v) is 3.86. The Balaban J connectivity index is 0.000000433. The van der Waals surface area contributed by atoms with Gasteiger partial charge in [-0.1, -0.05) is 31.2 Å². The third kappa shape index (κ3) is 3.47. The Morgan fingerprint density at radius 3 is 2.57 bits per heavy atom. The fourth-order valence-electron chi connectivity index (χ4n) is 2.93. The van der Waals surface area contributed by atoms with Crippen LogP contribution in [0.4, 0.5) is 0 Å². The lowest BCUT2D eigenvalue weighted by molar-refractivity contribution is -0.402. The first kappa shape index (κ1) is 16.5. The van der Waals surface area contributed by atoms with Crippen LogP contribution in [0.5, 0.6) is 0 Å². The molecule has 0 saturated heterocycles. The summed E-state index contributed by atoms with van der Waals surface area (Å²) in [5, 5.41) is 14.8. The van der Waals surface area contributed by atoms with Crippen LogP contribution in [0.15, 0.2) is 36.8 Å².